The summed E-state index contributed by atoms with van der Waals surface area (Å²) >= 11 is 0. The molecule has 96 valence electrons. The Bertz CT molecular complexity index is 324. The molecule has 0 aromatic carbocycles. The van der Waals surface area contributed by atoms with Gasteiger partial charge in [0.25, 0.3) is 0 Å². The highest BCUT2D eigenvalue weighted by Crippen LogP contribution is 2.31. The van der Waals surface area contributed by atoms with E-state index in [1.807, 2.05) is 0 Å². The summed E-state index contributed by atoms with van der Waals surface area (Å²) in [5.74, 6) is -1.05. The van der Waals surface area contributed by atoms with Gasteiger partial charge in [0, 0.05) is 6.54 Å². The Balaban J connectivity index is 2.13. The maximum atomic E-state index is 12.4. The first-order chi connectivity index (χ1) is 8.04. The van der Waals surface area contributed by atoms with Gasteiger partial charge in [-0.15, -0.1) is 0 Å². The summed E-state index contributed by atoms with van der Waals surface area (Å²) in [6.07, 6.45) is 5.62. The van der Waals surface area contributed by atoms with Crippen molar-refractivity contribution in [1.82, 2.24) is 4.90 Å². The number of hydrogen-bond acceptors (Lipinski definition) is 3. The van der Waals surface area contributed by atoms with Gasteiger partial charge in [0.15, 0.2) is 0 Å². The topological polar surface area (TPSA) is 83.6 Å². The molecule has 1 aliphatic carbocycles. The Morgan fingerprint density at radius 1 is 1.18 bits per heavy atom. The number of aliphatic carboxylic acids is 1. The molecule has 1 aliphatic heterocycles. The molecule has 0 spiro atoms. The number of nitrogens with two attached hydrogens (primary N) is 1. The fraction of sp³-hybridized carbons (Fsp3) is 0.833. The zero-order chi connectivity index (χ0) is 12.5. The van der Waals surface area contributed by atoms with E-state index in [-0.39, 0.29) is 5.91 Å². The van der Waals surface area contributed by atoms with E-state index < -0.39 is 17.6 Å². The maximum absolute atomic E-state index is 12.4. The van der Waals surface area contributed by atoms with Crippen LogP contribution in [0.1, 0.15) is 44.9 Å². The van der Waals surface area contributed by atoms with Crippen molar-refractivity contribution in [3.05, 3.63) is 0 Å². The van der Waals surface area contributed by atoms with Crippen LogP contribution in [0.25, 0.3) is 0 Å². The first kappa shape index (κ1) is 12.4. The fourth-order valence-electron chi connectivity index (χ4n) is 2.94. The molecular weight excluding hydrogens is 220 g/mol. The van der Waals surface area contributed by atoms with Gasteiger partial charge >= 0.3 is 5.97 Å². The molecule has 0 aromatic heterocycles. The number of nitrogens with zero attached hydrogens (tertiary/aromatic N) is 1. The number of likely N-dealkylation sites (tertiary alicyclic amines) is 1. The van der Waals surface area contributed by atoms with Crippen molar-refractivity contribution in [3.8, 4) is 0 Å². The third-order valence-corrected chi connectivity index (χ3v) is 3.97. The molecule has 1 saturated heterocycles. The molecule has 1 atom stereocenters. The number of rotatable bonds is 2. The molecule has 3 N–H and O–H groups in total. The van der Waals surface area contributed by atoms with E-state index >= 15 is 0 Å². The number of amides is 1. The second kappa shape index (κ2) is 4.64. The second-order valence-corrected chi connectivity index (χ2v) is 5.21. The number of carbonyl (C=O) groups is 2. The molecule has 5 nitrogen and oxygen atoms in total. The molecule has 0 bridgehead atoms. The molecule has 1 heterocycles. The average molecular weight is 240 g/mol. The second-order valence-electron chi connectivity index (χ2n) is 5.21. The minimum atomic E-state index is -0.903. The monoisotopic (exact) mass is 240 g/mol. The zero-order valence-electron chi connectivity index (χ0n) is 10.0. The van der Waals surface area contributed by atoms with E-state index in [1.165, 1.54) is 4.90 Å². The number of carboxylic acid groups (broad SMARTS) is 1. The molecule has 0 aromatic rings. The van der Waals surface area contributed by atoms with Crippen LogP contribution in [0.5, 0.6) is 0 Å². The van der Waals surface area contributed by atoms with Crippen LogP contribution in [-0.2, 0) is 9.59 Å². The van der Waals surface area contributed by atoms with Crippen LogP contribution in [0.4, 0.5) is 0 Å². The van der Waals surface area contributed by atoms with Crippen molar-refractivity contribution in [2.45, 2.75) is 56.5 Å². The Morgan fingerprint density at radius 2 is 1.82 bits per heavy atom. The van der Waals surface area contributed by atoms with Crippen LogP contribution in [0.3, 0.4) is 0 Å². The summed E-state index contributed by atoms with van der Waals surface area (Å²) < 4.78 is 0. The van der Waals surface area contributed by atoms with Gasteiger partial charge in [-0.2, -0.15) is 0 Å². The van der Waals surface area contributed by atoms with Gasteiger partial charge in [0.1, 0.15) is 6.04 Å². The maximum Gasteiger partial charge on any atom is 0.326 e. The van der Waals surface area contributed by atoms with Gasteiger partial charge in [-0.05, 0) is 32.1 Å². The first-order valence-corrected chi connectivity index (χ1v) is 6.37. The van der Waals surface area contributed by atoms with Crippen molar-refractivity contribution in [3.63, 3.8) is 0 Å². The van der Waals surface area contributed by atoms with E-state index in [0.717, 1.165) is 25.7 Å². The predicted molar refractivity (Wildman–Crippen MR) is 62.4 cm³/mol. The molecule has 2 rings (SSSR count). The Hall–Kier alpha value is -1.10. The van der Waals surface area contributed by atoms with E-state index in [2.05, 4.69) is 0 Å². The Kier molecular flexibility index (Phi) is 3.38. The summed E-state index contributed by atoms with van der Waals surface area (Å²) in [7, 11) is 0. The average Bonchev–Trinajstić information content (AvgIpc) is 2.76. The highest BCUT2D eigenvalue weighted by molar-refractivity contribution is 5.90. The van der Waals surface area contributed by atoms with Crippen LogP contribution in [0.2, 0.25) is 0 Å². The van der Waals surface area contributed by atoms with Gasteiger partial charge in [-0.25, -0.2) is 4.79 Å². The van der Waals surface area contributed by atoms with Gasteiger partial charge < -0.3 is 15.7 Å². The van der Waals surface area contributed by atoms with Crippen molar-refractivity contribution < 1.29 is 14.7 Å². The summed E-state index contributed by atoms with van der Waals surface area (Å²) in [5.41, 5.74) is 5.31. The third kappa shape index (κ3) is 2.29. The van der Waals surface area contributed by atoms with Gasteiger partial charge in [0.05, 0.1) is 5.54 Å². The van der Waals surface area contributed by atoms with Gasteiger partial charge in [-0.3, -0.25) is 4.79 Å². The van der Waals surface area contributed by atoms with Crippen molar-refractivity contribution >= 4 is 11.9 Å². The first-order valence-electron chi connectivity index (χ1n) is 6.37. The quantitative estimate of drug-likeness (QED) is 0.745. The largest absolute Gasteiger partial charge is 0.480 e. The highest BCUT2D eigenvalue weighted by Gasteiger charge is 2.43. The summed E-state index contributed by atoms with van der Waals surface area (Å²) in [4.78, 5) is 25.0. The molecule has 0 unspecified atom stereocenters. The lowest BCUT2D eigenvalue weighted by atomic mass is 9.93. The van der Waals surface area contributed by atoms with Crippen LogP contribution >= 0.6 is 0 Å². The van der Waals surface area contributed by atoms with Crippen LogP contribution in [-0.4, -0.2) is 40.0 Å². The normalized spacial score (nSPS) is 28.1. The van der Waals surface area contributed by atoms with Crippen LogP contribution in [0.15, 0.2) is 0 Å². The SMILES string of the molecule is NC1(C(=O)N2CCCC[C@H]2C(=O)O)CCCC1. The molecule has 1 amide bonds. The molecule has 2 fully saturated rings. The lowest BCUT2D eigenvalue weighted by Gasteiger charge is -2.38. The molecule has 1 saturated carbocycles. The van der Waals surface area contributed by atoms with Crippen molar-refractivity contribution in [1.29, 1.82) is 0 Å². The van der Waals surface area contributed by atoms with Crippen LogP contribution in [0, 0.1) is 0 Å². The standard InChI is InChI=1S/C12H20N2O3/c13-12(6-2-3-7-12)11(17)14-8-4-1-5-9(14)10(15)16/h9H,1-8,13H2,(H,15,16)/t9-/m0/s1. The summed E-state index contributed by atoms with van der Waals surface area (Å²) in [5, 5.41) is 9.15. The fourth-order valence-corrected chi connectivity index (χ4v) is 2.94. The number of carbonyl (C=O) groups excluding carboxylic acids is 1. The minimum absolute atomic E-state index is 0.151. The minimum Gasteiger partial charge on any atom is -0.480 e. The van der Waals surface area contributed by atoms with Gasteiger partial charge in [-0.1, -0.05) is 12.8 Å². The number of hydrogen-bond donors (Lipinski definition) is 2. The smallest absolute Gasteiger partial charge is 0.326 e. The predicted octanol–water partition coefficient (Wildman–Crippen LogP) is 0.724. The van der Waals surface area contributed by atoms with Gasteiger partial charge in [0.2, 0.25) is 5.91 Å². The molecule has 2 aliphatic rings. The third-order valence-electron chi connectivity index (χ3n) is 3.97. The van der Waals surface area contributed by atoms with E-state index in [1.54, 1.807) is 0 Å². The van der Waals surface area contributed by atoms with Crippen LogP contribution < -0.4 is 5.73 Å². The lowest BCUT2D eigenvalue weighted by Crippen LogP contribution is -2.59. The molecule has 17 heavy (non-hydrogen) atoms. The number of carboxylic acids is 1. The zero-order valence-corrected chi connectivity index (χ0v) is 10.0. The van der Waals surface area contributed by atoms with Crippen molar-refractivity contribution in [2.75, 3.05) is 6.54 Å². The Morgan fingerprint density at radius 3 is 2.41 bits per heavy atom. The molecule has 0 radical (unpaired) electrons. The molecule has 5 heteroatoms. The number of piperidine rings is 1. The molecular formula is C12H20N2O3. The Labute approximate surface area is 101 Å². The highest BCUT2D eigenvalue weighted by atomic mass is 16.4. The van der Waals surface area contributed by atoms with Crippen molar-refractivity contribution in [2.24, 2.45) is 5.73 Å². The summed E-state index contributed by atoms with van der Waals surface area (Å²) in [6, 6.07) is -0.669. The van der Waals surface area contributed by atoms with E-state index in [0.29, 0.717) is 25.8 Å². The van der Waals surface area contributed by atoms with E-state index in [9.17, 15) is 9.59 Å². The van der Waals surface area contributed by atoms with E-state index in [4.69, 9.17) is 10.8 Å². The summed E-state index contributed by atoms with van der Waals surface area (Å²) in [6.45, 7) is 0.536. The lowest BCUT2D eigenvalue weighted by molar-refractivity contribution is -0.154.